The Hall–Kier alpha value is -2.25. The van der Waals surface area contributed by atoms with Gasteiger partial charge in [0.05, 0.1) is 11.5 Å². The highest BCUT2D eigenvalue weighted by Gasteiger charge is 2.32. The van der Waals surface area contributed by atoms with Gasteiger partial charge in [-0.25, -0.2) is 4.79 Å². The van der Waals surface area contributed by atoms with Crippen LogP contribution in [-0.2, 0) is 11.0 Å². The molecule has 1 unspecified atom stereocenters. The fraction of sp³-hybridized carbons (Fsp3) is 0.385. The van der Waals surface area contributed by atoms with Crippen LogP contribution in [-0.4, -0.2) is 23.7 Å². The van der Waals surface area contributed by atoms with Gasteiger partial charge < -0.3 is 15.7 Å². The number of urea groups is 1. The molecule has 0 aromatic heterocycles. The normalized spacial score (nSPS) is 12.6. The number of carboxylic acid groups (broad SMARTS) is 1. The smallest absolute Gasteiger partial charge is 0.416 e. The number of nitrogens with one attached hydrogen (secondary N) is 2. The lowest BCUT2D eigenvalue weighted by Gasteiger charge is -2.13. The van der Waals surface area contributed by atoms with Crippen LogP contribution >= 0.6 is 0 Å². The van der Waals surface area contributed by atoms with Crippen molar-refractivity contribution in [3.8, 4) is 0 Å². The first-order valence-corrected chi connectivity index (χ1v) is 6.06. The van der Waals surface area contributed by atoms with E-state index in [-0.39, 0.29) is 17.8 Å². The van der Waals surface area contributed by atoms with Crippen molar-refractivity contribution in [2.24, 2.45) is 5.92 Å². The molecule has 116 valence electrons. The number of alkyl halides is 3. The standard InChI is InChI=1S/C13H15F3N2O3/c1-7-3-4-9(5-10(7)13(14,15)16)18-12(21)17-6-8(2)11(19)20/h3-5,8H,6H2,1-2H3,(H,19,20)(H2,17,18,21). The number of rotatable bonds is 4. The summed E-state index contributed by atoms with van der Waals surface area (Å²) in [4.78, 5) is 22.1. The molecular formula is C13H15F3N2O3. The second kappa shape index (κ2) is 6.47. The molecule has 0 saturated heterocycles. The summed E-state index contributed by atoms with van der Waals surface area (Å²) in [6, 6.07) is 2.65. The number of aryl methyl sites for hydroxylation is 1. The summed E-state index contributed by atoms with van der Waals surface area (Å²) < 4.78 is 38.1. The van der Waals surface area contributed by atoms with Gasteiger partial charge in [0.15, 0.2) is 0 Å². The Morgan fingerprint density at radius 1 is 1.33 bits per heavy atom. The number of benzene rings is 1. The minimum absolute atomic E-state index is 0.0200. The minimum atomic E-state index is -4.50. The Labute approximate surface area is 119 Å². The highest BCUT2D eigenvalue weighted by molar-refractivity contribution is 5.89. The highest BCUT2D eigenvalue weighted by Crippen LogP contribution is 2.33. The summed E-state index contributed by atoms with van der Waals surface area (Å²) in [5, 5.41) is 13.2. The first-order chi connectivity index (χ1) is 9.61. The number of hydrogen-bond donors (Lipinski definition) is 3. The van der Waals surface area contributed by atoms with Crippen molar-refractivity contribution in [3.63, 3.8) is 0 Å². The van der Waals surface area contributed by atoms with E-state index in [2.05, 4.69) is 10.6 Å². The van der Waals surface area contributed by atoms with Crippen LogP contribution in [0.3, 0.4) is 0 Å². The van der Waals surface area contributed by atoms with Crippen LogP contribution in [0.1, 0.15) is 18.1 Å². The Bertz CT molecular complexity index is 544. The second-order valence-corrected chi connectivity index (χ2v) is 4.60. The van der Waals surface area contributed by atoms with Gasteiger partial charge in [-0.2, -0.15) is 13.2 Å². The van der Waals surface area contributed by atoms with Crippen molar-refractivity contribution < 1.29 is 27.9 Å². The molecule has 1 rings (SSSR count). The quantitative estimate of drug-likeness (QED) is 0.800. The molecule has 2 amide bonds. The lowest BCUT2D eigenvalue weighted by molar-refractivity contribution is -0.141. The maximum absolute atomic E-state index is 12.7. The van der Waals surface area contributed by atoms with Gasteiger partial charge in [-0.05, 0) is 24.6 Å². The Kier molecular flexibility index (Phi) is 5.17. The molecule has 0 spiro atoms. The maximum Gasteiger partial charge on any atom is 0.416 e. The highest BCUT2D eigenvalue weighted by atomic mass is 19.4. The van der Waals surface area contributed by atoms with E-state index in [0.717, 1.165) is 6.07 Å². The zero-order valence-electron chi connectivity index (χ0n) is 11.4. The summed E-state index contributed by atoms with van der Waals surface area (Å²) in [6.07, 6.45) is -4.50. The van der Waals surface area contributed by atoms with E-state index in [0.29, 0.717) is 0 Å². The van der Waals surface area contributed by atoms with E-state index in [1.165, 1.54) is 26.0 Å². The van der Waals surface area contributed by atoms with E-state index >= 15 is 0 Å². The van der Waals surface area contributed by atoms with Gasteiger partial charge in [0.25, 0.3) is 0 Å². The third-order valence-electron chi connectivity index (χ3n) is 2.79. The number of aliphatic carboxylic acids is 1. The van der Waals surface area contributed by atoms with Crippen molar-refractivity contribution in [3.05, 3.63) is 29.3 Å². The van der Waals surface area contributed by atoms with Crippen LogP contribution in [0.4, 0.5) is 23.7 Å². The van der Waals surface area contributed by atoms with Gasteiger partial charge in [-0.3, -0.25) is 4.79 Å². The molecule has 1 atom stereocenters. The first kappa shape index (κ1) is 16.8. The van der Waals surface area contributed by atoms with Crippen molar-refractivity contribution in [2.45, 2.75) is 20.0 Å². The second-order valence-electron chi connectivity index (χ2n) is 4.60. The van der Waals surface area contributed by atoms with Crippen LogP contribution in [0.2, 0.25) is 0 Å². The van der Waals surface area contributed by atoms with Gasteiger partial charge in [-0.1, -0.05) is 13.0 Å². The molecule has 21 heavy (non-hydrogen) atoms. The number of carbonyl (C=O) groups is 2. The number of carbonyl (C=O) groups excluding carboxylic acids is 1. The molecule has 0 aliphatic rings. The third kappa shape index (κ3) is 4.97. The van der Waals surface area contributed by atoms with Crippen LogP contribution in [0, 0.1) is 12.8 Å². The van der Waals surface area contributed by atoms with E-state index in [4.69, 9.17) is 5.11 Å². The van der Waals surface area contributed by atoms with E-state index in [9.17, 15) is 22.8 Å². The summed E-state index contributed by atoms with van der Waals surface area (Å²) in [6.45, 7) is 2.59. The van der Waals surface area contributed by atoms with Crippen molar-refractivity contribution in [1.29, 1.82) is 0 Å². The molecule has 0 heterocycles. The van der Waals surface area contributed by atoms with Gasteiger partial charge in [0.1, 0.15) is 0 Å². The molecule has 0 aliphatic heterocycles. The third-order valence-corrected chi connectivity index (χ3v) is 2.79. The van der Waals surface area contributed by atoms with Crippen LogP contribution in [0.5, 0.6) is 0 Å². The van der Waals surface area contributed by atoms with Crippen LogP contribution in [0.25, 0.3) is 0 Å². The van der Waals surface area contributed by atoms with Gasteiger partial charge in [0.2, 0.25) is 0 Å². The molecule has 0 aliphatic carbocycles. The predicted molar refractivity (Wildman–Crippen MR) is 70.0 cm³/mol. The predicted octanol–water partition coefficient (Wildman–Crippen LogP) is 2.86. The largest absolute Gasteiger partial charge is 0.481 e. The zero-order valence-corrected chi connectivity index (χ0v) is 11.4. The fourth-order valence-corrected chi connectivity index (χ4v) is 1.51. The summed E-state index contributed by atoms with van der Waals surface area (Å²) in [7, 11) is 0. The molecule has 0 saturated carbocycles. The lowest BCUT2D eigenvalue weighted by Crippen LogP contribution is -2.34. The van der Waals surface area contributed by atoms with Crippen molar-refractivity contribution in [1.82, 2.24) is 5.32 Å². The molecule has 0 bridgehead atoms. The maximum atomic E-state index is 12.7. The van der Waals surface area contributed by atoms with Crippen molar-refractivity contribution in [2.75, 3.05) is 11.9 Å². The SMILES string of the molecule is Cc1ccc(NC(=O)NCC(C)C(=O)O)cc1C(F)(F)F. The molecule has 0 fully saturated rings. The first-order valence-electron chi connectivity index (χ1n) is 6.06. The number of amides is 2. The fourth-order valence-electron chi connectivity index (χ4n) is 1.51. The Balaban J connectivity index is 2.71. The summed E-state index contributed by atoms with van der Waals surface area (Å²) in [5.41, 5.74) is -0.805. The van der Waals surface area contributed by atoms with Crippen LogP contribution < -0.4 is 10.6 Å². The van der Waals surface area contributed by atoms with E-state index < -0.39 is 29.7 Å². The number of hydrogen-bond acceptors (Lipinski definition) is 2. The summed E-state index contributed by atoms with van der Waals surface area (Å²) in [5.74, 6) is -1.87. The van der Waals surface area contributed by atoms with Crippen molar-refractivity contribution >= 4 is 17.7 Å². The average molecular weight is 304 g/mol. The molecule has 8 heteroatoms. The molecule has 5 nitrogen and oxygen atoms in total. The van der Waals surface area contributed by atoms with Gasteiger partial charge in [-0.15, -0.1) is 0 Å². The number of carboxylic acids is 1. The number of anilines is 1. The molecular weight excluding hydrogens is 289 g/mol. The molecule has 1 aromatic rings. The summed E-state index contributed by atoms with van der Waals surface area (Å²) >= 11 is 0. The van der Waals surface area contributed by atoms with Gasteiger partial charge in [0, 0.05) is 12.2 Å². The monoisotopic (exact) mass is 304 g/mol. The zero-order chi connectivity index (χ0) is 16.2. The molecule has 3 N–H and O–H groups in total. The molecule has 0 radical (unpaired) electrons. The minimum Gasteiger partial charge on any atom is -0.481 e. The average Bonchev–Trinajstić information content (AvgIpc) is 2.36. The topological polar surface area (TPSA) is 78.4 Å². The lowest BCUT2D eigenvalue weighted by atomic mass is 10.1. The number of halogens is 3. The van der Waals surface area contributed by atoms with E-state index in [1.54, 1.807) is 0 Å². The Morgan fingerprint density at radius 2 is 1.95 bits per heavy atom. The van der Waals surface area contributed by atoms with E-state index in [1.807, 2.05) is 0 Å². The Morgan fingerprint density at radius 3 is 2.48 bits per heavy atom. The molecule has 1 aromatic carbocycles. The van der Waals surface area contributed by atoms with Crippen LogP contribution in [0.15, 0.2) is 18.2 Å². The van der Waals surface area contributed by atoms with Gasteiger partial charge >= 0.3 is 18.2 Å².